The molecule has 0 aliphatic carbocycles. The van der Waals surface area contributed by atoms with Crippen molar-refractivity contribution in [1.29, 1.82) is 0 Å². The van der Waals surface area contributed by atoms with E-state index in [1.807, 2.05) is 31.2 Å². The van der Waals surface area contributed by atoms with Crippen LogP contribution < -0.4 is 4.74 Å². The molecule has 0 fully saturated rings. The van der Waals surface area contributed by atoms with E-state index in [1.54, 1.807) is 6.07 Å². The summed E-state index contributed by atoms with van der Waals surface area (Å²) in [6, 6.07) is 12.1. The van der Waals surface area contributed by atoms with E-state index in [4.69, 9.17) is 9.15 Å². The Hall–Kier alpha value is -2.80. The Balaban J connectivity index is 1.77. The number of carbonyl (C=O) groups is 1. The zero-order valence-corrected chi connectivity index (χ0v) is 13.8. The van der Waals surface area contributed by atoms with Crippen LogP contribution in [-0.2, 0) is 0 Å². The van der Waals surface area contributed by atoms with Crippen LogP contribution >= 0.6 is 11.8 Å². The second kappa shape index (κ2) is 6.76. The summed E-state index contributed by atoms with van der Waals surface area (Å²) in [6.07, 6.45) is 0. The average Bonchev–Trinajstić information content (AvgIpc) is 3.03. The van der Waals surface area contributed by atoms with Crippen LogP contribution in [0.3, 0.4) is 0 Å². The van der Waals surface area contributed by atoms with E-state index in [1.165, 1.54) is 19.2 Å². The van der Waals surface area contributed by atoms with Crippen LogP contribution in [-0.4, -0.2) is 27.5 Å². The van der Waals surface area contributed by atoms with Crippen molar-refractivity contribution in [1.82, 2.24) is 10.2 Å². The summed E-state index contributed by atoms with van der Waals surface area (Å²) in [5, 5.41) is 17.4. The summed E-state index contributed by atoms with van der Waals surface area (Å²) in [5.41, 5.74) is 2.05. The van der Waals surface area contributed by atoms with E-state index in [0.29, 0.717) is 11.6 Å². The molecule has 6 nitrogen and oxygen atoms in total. The molecule has 0 saturated heterocycles. The van der Waals surface area contributed by atoms with Crippen molar-refractivity contribution < 1.29 is 19.1 Å². The van der Waals surface area contributed by atoms with Gasteiger partial charge in [-0.2, -0.15) is 0 Å². The minimum absolute atomic E-state index is 0.116. The highest BCUT2D eigenvalue weighted by atomic mass is 32.2. The molecule has 1 heterocycles. The van der Waals surface area contributed by atoms with Gasteiger partial charge in [0.2, 0.25) is 11.0 Å². The number of aryl methyl sites for hydroxylation is 1. The van der Waals surface area contributed by atoms with E-state index in [9.17, 15) is 9.90 Å². The first-order valence-corrected chi connectivity index (χ1v) is 7.88. The predicted molar refractivity (Wildman–Crippen MR) is 89.3 cm³/mol. The lowest BCUT2D eigenvalue weighted by Gasteiger charge is -2.04. The summed E-state index contributed by atoms with van der Waals surface area (Å²) in [4.78, 5) is 12.3. The van der Waals surface area contributed by atoms with Gasteiger partial charge in [0.25, 0.3) is 5.22 Å². The normalized spacial score (nSPS) is 10.6. The Kier molecular flexibility index (Phi) is 4.52. The van der Waals surface area contributed by atoms with Crippen molar-refractivity contribution in [2.24, 2.45) is 0 Å². The molecule has 0 bridgehead atoms. The largest absolute Gasteiger partial charge is 0.507 e. The van der Waals surface area contributed by atoms with E-state index >= 15 is 0 Å². The molecule has 1 N–H and O–H groups in total. The molecular weight excluding hydrogens is 328 g/mol. The van der Waals surface area contributed by atoms with E-state index in [0.717, 1.165) is 22.9 Å². The second-order valence-corrected chi connectivity index (χ2v) is 5.94. The lowest BCUT2D eigenvalue weighted by atomic mass is 10.1. The lowest BCUT2D eigenvalue weighted by Crippen LogP contribution is -1.95. The van der Waals surface area contributed by atoms with Gasteiger partial charge in [-0.15, -0.1) is 10.2 Å². The number of phenolic OH excluding ortho intramolecular Hbond substituents is 1. The standard InChI is InChI=1S/C17H14N2O4S/c1-10-3-5-11(6-4-10)15-18-19-17(23-15)24-16(21)13-8-7-12(22-2)9-14(13)20/h3-9,20H,1-2H3. The quantitative estimate of drug-likeness (QED) is 0.724. The third kappa shape index (κ3) is 3.41. The number of aromatic nitrogens is 2. The van der Waals surface area contributed by atoms with Gasteiger partial charge >= 0.3 is 0 Å². The molecule has 24 heavy (non-hydrogen) atoms. The summed E-state index contributed by atoms with van der Waals surface area (Å²) in [7, 11) is 1.48. The number of carbonyl (C=O) groups excluding carboxylic acids is 1. The molecule has 1 aromatic heterocycles. The Morgan fingerprint density at radius 2 is 1.92 bits per heavy atom. The predicted octanol–water partition coefficient (Wildman–Crippen LogP) is 3.69. The molecule has 0 aliphatic heterocycles. The molecule has 0 spiro atoms. The van der Waals surface area contributed by atoms with Crippen LogP contribution in [0.15, 0.2) is 52.1 Å². The number of hydrogen-bond donors (Lipinski definition) is 1. The van der Waals surface area contributed by atoms with Gasteiger partial charge in [0, 0.05) is 23.4 Å². The van der Waals surface area contributed by atoms with Crippen molar-refractivity contribution >= 4 is 16.9 Å². The van der Waals surface area contributed by atoms with Gasteiger partial charge in [0.05, 0.1) is 12.7 Å². The number of hydrogen-bond acceptors (Lipinski definition) is 7. The molecule has 2 aromatic carbocycles. The maximum Gasteiger partial charge on any atom is 0.284 e. The first kappa shape index (κ1) is 16.1. The van der Waals surface area contributed by atoms with Crippen molar-refractivity contribution in [2.45, 2.75) is 12.1 Å². The van der Waals surface area contributed by atoms with E-state index < -0.39 is 5.12 Å². The fourth-order valence-electron chi connectivity index (χ4n) is 2.01. The first-order valence-electron chi connectivity index (χ1n) is 7.06. The summed E-state index contributed by atoms with van der Waals surface area (Å²) in [6.45, 7) is 1.98. The summed E-state index contributed by atoms with van der Waals surface area (Å²) >= 11 is 0.763. The number of ether oxygens (including phenoxy) is 1. The fourth-order valence-corrected chi connectivity index (χ4v) is 2.65. The third-order valence-corrected chi connectivity index (χ3v) is 4.05. The number of phenols is 1. The average molecular weight is 342 g/mol. The SMILES string of the molecule is COc1ccc(C(=O)Sc2nnc(-c3ccc(C)cc3)o2)c(O)c1. The van der Waals surface area contributed by atoms with Crippen LogP contribution in [0.1, 0.15) is 15.9 Å². The number of benzene rings is 2. The summed E-state index contributed by atoms with van der Waals surface area (Å²) < 4.78 is 10.5. The highest BCUT2D eigenvalue weighted by molar-refractivity contribution is 8.14. The highest BCUT2D eigenvalue weighted by Gasteiger charge is 2.18. The van der Waals surface area contributed by atoms with Crippen molar-refractivity contribution in [3.8, 4) is 23.0 Å². The zero-order valence-electron chi connectivity index (χ0n) is 13.0. The highest BCUT2D eigenvalue weighted by Crippen LogP contribution is 2.30. The van der Waals surface area contributed by atoms with Gasteiger partial charge in [0.1, 0.15) is 11.5 Å². The molecule has 3 aromatic rings. The Morgan fingerprint density at radius 1 is 1.17 bits per heavy atom. The topological polar surface area (TPSA) is 85.5 Å². The third-order valence-electron chi connectivity index (χ3n) is 3.31. The second-order valence-electron chi connectivity index (χ2n) is 5.01. The number of aromatic hydroxyl groups is 1. The number of nitrogens with zero attached hydrogens (tertiary/aromatic N) is 2. The number of thioether (sulfide) groups is 1. The molecule has 3 rings (SSSR count). The maximum atomic E-state index is 12.3. The molecule has 0 unspecified atom stereocenters. The Bertz CT molecular complexity index is 875. The van der Waals surface area contributed by atoms with Crippen LogP contribution in [0.25, 0.3) is 11.5 Å². The van der Waals surface area contributed by atoms with Gasteiger partial charge in [0.15, 0.2) is 0 Å². The molecule has 0 amide bonds. The minimum atomic E-state index is -0.394. The Morgan fingerprint density at radius 3 is 2.58 bits per heavy atom. The zero-order chi connectivity index (χ0) is 17.1. The van der Waals surface area contributed by atoms with Gasteiger partial charge in [-0.3, -0.25) is 4.79 Å². The van der Waals surface area contributed by atoms with Crippen LogP contribution in [0.2, 0.25) is 0 Å². The minimum Gasteiger partial charge on any atom is -0.507 e. The van der Waals surface area contributed by atoms with Gasteiger partial charge in [-0.1, -0.05) is 17.7 Å². The monoisotopic (exact) mass is 342 g/mol. The molecule has 0 radical (unpaired) electrons. The number of rotatable bonds is 4. The molecule has 0 aliphatic rings. The van der Waals surface area contributed by atoms with Gasteiger partial charge < -0.3 is 14.3 Å². The smallest absolute Gasteiger partial charge is 0.284 e. The fraction of sp³-hybridized carbons (Fsp3) is 0.118. The first-order chi connectivity index (χ1) is 11.6. The molecule has 7 heteroatoms. The Labute approximate surface area is 142 Å². The van der Waals surface area contributed by atoms with Crippen molar-refractivity contribution in [2.75, 3.05) is 7.11 Å². The van der Waals surface area contributed by atoms with E-state index in [2.05, 4.69) is 10.2 Å². The van der Waals surface area contributed by atoms with E-state index in [-0.39, 0.29) is 16.5 Å². The number of methoxy groups -OCH3 is 1. The molecular formula is C17H14N2O4S. The van der Waals surface area contributed by atoms with Crippen molar-refractivity contribution in [3.63, 3.8) is 0 Å². The summed E-state index contributed by atoms with van der Waals surface area (Å²) in [5.74, 6) is 0.642. The van der Waals surface area contributed by atoms with Gasteiger partial charge in [-0.05, 0) is 31.2 Å². The van der Waals surface area contributed by atoms with Crippen LogP contribution in [0.5, 0.6) is 11.5 Å². The van der Waals surface area contributed by atoms with Gasteiger partial charge in [-0.25, -0.2) is 0 Å². The molecule has 122 valence electrons. The van der Waals surface area contributed by atoms with Crippen molar-refractivity contribution in [3.05, 3.63) is 53.6 Å². The molecule has 0 atom stereocenters. The maximum absolute atomic E-state index is 12.3. The van der Waals surface area contributed by atoms with Crippen LogP contribution in [0, 0.1) is 6.92 Å². The molecule has 0 saturated carbocycles. The van der Waals surface area contributed by atoms with Crippen LogP contribution in [0.4, 0.5) is 0 Å². The lowest BCUT2D eigenvalue weighted by molar-refractivity contribution is 0.108.